The van der Waals surface area contributed by atoms with E-state index in [0.29, 0.717) is 0 Å². The Hall–Kier alpha value is -0.120. The first-order valence-electron chi connectivity index (χ1n) is 9.09. The Balaban J connectivity index is 0.00000288. The standard InChI is InChI=1S/C17H35N5O.HI/c1-18-17(19-8-11-21(2)9-4-12-23-3)20-13-15-7-10-22(14-15)16-5-6-16;/h15-16H,4-14H2,1-3H3,(H2,18,19,20);1H. The molecular formula is C17H36IN5O. The second kappa shape index (κ2) is 12.3. The van der Waals surface area contributed by atoms with Crippen LogP contribution in [0.25, 0.3) is 0 Å². The Bertz CT molecular complexity index is 365. The number of guanidine groups is 1. The van der Waals surface area contributed by atoms with Crippen LogP contribution in [0.1, 0.15) is 25.7 Å². The molecule has 2 N–H and O–H groups in total. The SMILES string of the molecule is CN=C(NCCN(C)CCCOC)NCC1CCN(C2CC2)C1.I. The lowest BCUT2D eigenvalue weighted by atomic mass is 10.1. The van der Waals surface area contributed by atoms with Gasteiger partial charge in [0.05, 0.1) is 0 Å². The van der Waals surface area contributed by atoms with Crippen molar-refractivity contribution in [3.8, 4) is 0 Å². The number of ether oxygens (including phenoxy) is 1. The lowest BCUT2D eigenvalue weighted by molar-refractivity contribution is 0.180. The van der Waals surface area contributed by atoms with E-state index in [9.17, 15) is 0 Å². The summed E-state index contributed by atoms with van der Waals surface area (Å²) in [5, 5.41) is 6.90. The first-order valence-corrected chi connectivity index (χ1v) is 9.09. The third kappa shape index (κ3) is 8.31. The number of likely N-dealkylation sites (N-methyl/N-ethyl adjacent to an activating group) is 1. The molecule has 24 heavy (non-hydrogen) atoms. The number of nitrogens with zero attached hydrogens (tertiary/aromatic N) is 3. The van der Waals surface area contributed by atoms with Crippen LogP contribution >= 0.6 is 24.0 Å². The highest BCUT2D eigenvalue weighted by atomic mass is 127. The van der Waals surface area contributed by atoms with Crippen molar-refractivity contribution in [2.24, 2.45) is 10.9 Å². The normalized spacial score (nSPS) is 21.8. The van der Waals surface area contributed by atoms with E-state index in [4.69, 9.17) is 4.74 Å². The monoisotopic (exact) mass is 453 g/mol. The lowest BCUT2D eigenvalue weighted by Gasteiger charge is -2.19. The molecule has 1 saturated carbocycles. The van der Waals surface area contributed by atoms with Crippen LogP contribution in [0, 0.1) is 5.92 Å². The maximum absolute atomic E-state index is 5.08. The largest absolute Gasteiger partial charge is 0.385 e. The fraction of sp³-hybridized carbons (Fsp3) is 0.941. The fourth-order valence-electron chi connectivity index (χ4n) is 3.22. The Kier molecular flexibility index (Phi) is 11.2. The van der Waals surface area contributed by atoms with E-state index in [1.807, 2.05) is 7.05 Å². The number of aliphatic imine (C=N–C) groups is 1. The molecule has 6 nitrogen and oxygen atoms in total. The van der Waals surface area contributed by atoms with Gasteiger partial charge in [0.2, 0.25) is 0 Å². The summed E-state index contributed by atoms with van der Waals surface area (Å²) in [6.45, 7) is 7.42. The van der Waals surface area contributed by atoms with Crippen LogP contribution in [0.15, 0.2) is 4.99 Å². The van der Waals surface area contributed by atoms with E-state index in [0.717, 1.165) is 57.1 Å². The van der Waals surface area contributed by atoms with Crippen LogP contribution < -0.4 is 10.6 Å². The number of methoxy groups -OCH3 is 1. The predicted molar refractivity (Wildman–Crippen MR) is 111 cm³/mol. The van der Waals surface area contributed by atoms with Gasteiger partial charge < -0.3 is 25.2 Å². The van der Waals surface area contributed by atoms with Crippen molar-refractivity contribution in [1.82, 2.24) is 20.4 Å². The molecule has 0 radical (unpaired) electrons. The lowest BCUT2D eigenvalue weighted by Crippen LogP contribution is -2.43. The van der Waals surface area contributed by atoms with Crippen LogP contribution in [0.2, 0.25) is 0 Å². The highest BCUT2D eigenvalue weighted by molar-refractivity contribution is 14.0. The summed E-state index contributed by atoms with van der Waals surface area (Å²) in [5.41, 5.74) is 0. The number of halogens is 1. The van der Waals surface area contributed by atoms with E-state index in [-0.39, 0.29) is 24.0 Å². The number of rotatable bonds is 10. The van der Waals surface area contributed by atoms with Gasteiger partial charge in [-0.15, -0.1) is 24.0 Å². The molecule has 0 aromatic carbocycles. The van der Waals surface area contributed by atoms with E-state index < -0.39 is 0 Å². The molecule has 0 amide bonds. The van der Waals surface area contributed by atoms with Crippen molar-refractivity contribution in [3.05, 3.63) is 0 Å². The van der Waals surface area contributed by atoms with Gasteiger partial charge in [0.25, 0.3) is 0 Å². The van der Waals surface area contributed by atoms with E-state index in [1.165, 1.54) is 32.4 Å². The van der Waals surface area contributed by atoms with Crippen LogP contribution in [-0.4, -0.2) is 88.9 Å². The van der Waals surface area contributed by atoms with Gasteiger partial charge in [0.15, 0.2) is 5.96 Å². The van der Waals surface area contributed by atoms with E-state index in [2.05, 4.69) is 32.5 Å². The summed E-state index contributed by atoms with van der Waals surface area (Å²) in [5.74, 6) is 1.70. The molecule has 2 fully saturated rings. The molecule has 1 saturated heterocycles. The van der Waals surface area contributed by atoms with Gasteiger partial charge in [-0.3, -0.25) is 4.99 Å². The molecule has 2 aliphatic rings. The molecule has 1 heterocycles. The summed E-state index contributed by atoms with van der Waals surface area (Å²) < 4.78 is 5.08. The topological polar surface area (TPSA) is 52.1 Å². The Morgan fingerprint density at radius 2 is 2.04 bits per heavy atom. The van der Waals surface area contributed by atoms with Gasteiger partial charge in [0.1, 0.15) is 0 Å². The third-order valence-electron chi connectivity index (χ3n) is 4.84. The maximum atomic E-state index is 5.08. The molecule has 1 unspecified atom stereocenters. The highest BCUT2D eigenvalue weighted by Crippen LogP contribution is 2.31. The molecule has 0 aromatic rings. The summed E-state index contributed by atoms with van der Waals surface area (Å²) in [6, 6.07) is 0.908. The quantitative estimate of drug-likeness (QED) is 0.226. The van der Waals surface area contributed by atoms with Gasteiger partial charge in [0, 0.05) is 59.5 Å². The molecule has 1 aliphatic carbocycles. The van der Waals surface area contributed by atoms with Gasteiger partial charge in [-0.25, -0.2) is 0 Å². The number of likely N-dealkylation sites (tertiary alicyclic amines) is 1. The average Bonchev–Trinajstić information content (AvgIpc) is 3.30. The summed E-state index contributed by atoms with van der Waals surface area (Å²) in [6.07, 6.45) is 5.24. The molecule has 1 atom stereocenters. The molecule has 2 rings (SSSR count). The molecule has 1 aliphatic heterocycles. The molecule has 0 bridgehead atoms. The van der Waals surface area contributed by atoms with Crippen molar-refractivity contribution in [2.75, 3.05) is 67.1 Å². The minimum absolute atomic E-state index is 0. The van der Waals surface area contributed by atoms with Crippen molar-refractivity contribution in [1.29, 1.82) is 0 Å². The van der Waals surface area contributed by atoms with E-state index >= 15 is 0 Å². The molecule has 7 heteroatoms. The molecule has 142 valence electrons. The van der Waals surface area contributed by atoms with Gasteiger partial charge in [-0.05, 0) is 45.2 Å². The second-order valence-corrected chi connectivity index (χ2v) is 6.91. The first kappa shape index (κ1) is 21.9. The number of nitrogens with one attached hydrogen (secondary N) is 2. The number of hydrogen-bond donors (Lipinski definition) is 2. The fourth-order valence-corrected chi connectivity index (χ4v) is 3.22. The average molecular weight is 453 g/mol. The minimum atomic E-state index is 0. The summed E-state index contributed by atoms with van der Waals surface area (Å²) in [7, 11) is 5.76. The van der Waals surface area contributed by atoms with Gasteiger partial charge in [-0.2, -0.15) is 0 Å². The van der Waals surface area contributed by atoms with Crippen molar-refractivity contribution < 1.29 is 4.74 Å². The summed E-state index contributed by atoms with van der Waals surface area (Å²) >= 11 is 0. The zero-order valence-corrected chi connectivity index (χ0v) is 17.9. The zero-order chi connectivity index (χ0) is 16.5. The van der Waals surface area contributed by atoms with Crippen molar-refractivity contribution >= 4 is 29.9 Å². The summed E-state index contributed by atoms with van der Waals surface area (Å²) in [4.78, 5) is 9.32. The zero-order valence-electron chi connectivity index (χ0n) is 15.6. The van der Waals surface area contributed by atoms with Crippen LogP contribution in [0.4, 0.5) is 0 Å². The van der Waals surface area contributed by atoms with Crippen LogP contribution in [-0.2, 0) is 4.74 Å². The van der Waals surface area contributed by atoms with Crippen molar-refractivity contribution in [3.63, 3.8) is 0 Å². The van der Waals surface area contributed by atoms with Gasteiger partial charge >= 0.3 is 0 Å². The number of hydrogen-bond acceptors (Lipinski definition) is 4. The highest BCUT2D eigenvalue weighted by Gasteiger charge is 2.34. The molecule has 0 spiro atoms. The molecular weight excluding hydrogens is 417 g/mol. The Morgan fingerprint density at radius 1 is 1.25 bits per heavy atom. The third-order valence-corrected chi connectivity index (χ3v) is 4.84. The Labute approximate surface area is 164 Å². The van der Waals surface area contributed by atoms with Crippen molar-refractivity contribution in [2.45, 2.75) is 31.7 Å². The maximum Gasteiger partial charge on any atom is 0.191 e. The molecule has 0 aromatic heterocycles. The second-order valence-electron chi connectivity index (χ2n) is 6.91. The van der Waals surface area contributed by atoms with Gasteiger partial charge in [-0.1, -0.05) is 0 Å². The van der Waals surface area contributed by atoms with E-state index in [1.54, 1.807) is 7.11 Å². The Morgan fingerprint density at radius 3 is 2.71 bits per heavy atom. The smallest absolute Gasteiger partial charge is 0.191 e. The van der Waals surface area contributed by atoms with Crippen LogP contribution in [0.5, 0.6) is 0 Å². The predicted octanol–water partition coefficient (Wildman–Crippen LogP) is 1.22. The minimum Gasteiger partial charge on any atom is -0.385 e. The van der Waals surface area contributed by atoms with Crippen LogP contribution in [0.3, 0.4) is 0 Å². The first-order chi connectivity index (χ1) is 11.2.